The Morgan fingerprint density at radius 3 is 2.52 bits per heavy atom. The van der Waals surface area contributed by atoms with Gasteiger partial charge in [0.2, 0.25) is 5.91 Å². The van der Waals surface area contributed by atoms with E-state index in [1.54, 1.807) is 37.3 Å². The van der Waals surface area contributed by atoms with E-state index < -0.39 is 6.04 Å². The molecule has 1 atom stereocenters. The van der Waals surface area contributed by atoms with Gasteiger partial charge in [-0.2, -0.15) is 0 Å². The maximum absolute atomic E-state index is 11.8. The first-order valence-electron chi connectivity index (χ1n) is 7.08. The molecule has 1 aromatic rings. The van der Waals surface area contributed by atoms with E-state index in [1.807, 2.05) is 6.92 Å². The number of amides is 1. The van der Waals surface area contributed by atoms with Crippen LogP contribution in [0.5, 0.6) is 0 Å². The molecule has 0 heterocycles. The highest BCUT2D eigenvalue weighted by Crippen LogP contribution is 2.11. The Bertz CT molecular complexity index is 495. The first-order chi connectivity index (χ1) is 10.1. The third kappa shape index (κ3) is 6.23. The summed E-state index contributed by atoms with van der Waals surface area (Å²) in [5.74, 6) is -0.563. The van der Waals surface area contributed by atoms with Gasteiger partial charge in [0.25, 0.3) is 0 Å². The van der Waals surface area contributed by atoms with Crippen LogP contribution in [-0.4, -0.2) is 24.5 Å². The van der Waals surface area contributed by atoms with E-state index in [0.717, 1.165) is 12.0 Å². The van der Waals surface area contributed by atoms with Crippen LogP contribution >= 0.6 is 0 Å². The van der Waals surface area contributed by atoms with Gasteiger partial charge in [-0.15, -0.1) is 0 Å². The lowest BCUT2D eigenvalue weighted by molar-refractivity contribution is -0.137. The van der Waals surface area contributed by atoms with E-state index in [9.17, 15) is 9.59 Å². The molecule has 0 spiro atoms. The summed E-state index contributed by atoms with van der Waals surface area (Å²) in [7, 11) is 0. The molecule has 5 heteroatoms. The van der Waals surface area contributed by atoms with Crippen molar-refractivity contribution in [3.05, 3.63) is 35.9 Å². The van der Waals surface area contributed by atoms with Crippen LogP contribution in [0.3, 0.4) is 0 Å². The molecule has 0 aliphatic heterocycles. The van der Waals surface area contributed by atoms with Gasteiger partial charge in [0.1, 0.15) is 0 Å². The molecule has 1 amide bonds. The van der Waals surface area contributed by atoms with Crippen molar-refractivity contribution in [2.24, 2.45) is 5.73 Å². The van der Waals surface area contributed by atoms with E-state index in [4.69, 9.17) is 10.5 Å². The predicted octanol–water partition coefficient (Wildman–Crippen LogP) is 2.33. The minimum atomic E-state index is -0.488. The monoisotopic (exact) mass is 290 g/mol. The zero-order chi connectivity index (χ0) is 15.7. The van der Waals surface area contributed by atoms with Crippen LogP contribution in [0.1, 0.15) is 32.3 Å². The summed E-state index contributed by atoms with van der Waals surface area (Å²) in [6.07, 6.45) is 4.55. The smallest absolute Gasteiger partial charge is 0.330 e. The highest BCUT2D eigenvalue weighted by atomic mass is 16.5. The van der Waals surface area contributed by atoms with Crippen LogP contribution in [0.2, 0.25) is 0 Å². The fraction of sp³-hybridized carbons (Fsp3) is 0.375. The minimum Gasteiger partial charge on any atom is -0.463 e. The van der Waals surface area contributed by atoms with Gasteiger partial charge in [-0.1, -0.05) is 25.5 Å². The van der Waals surface area contributed by atoms with Gasteiger partial charge in [-0.3, -0.25) is 4.79 Å². The Hall–Kier alpha value is -2.14. The molecule has 0 unspecified atom stereocenters. The zero-order valence-electron chi connectivity index (χ0n) is 12.5. The molecule has 3 N–H and O–H groups in total. The molecule has 0 saturated carbocycles. The van der Waals surface area contributed by atoms with Gasteiger partial charge < -0.3 is 15.8 Å². The SMILES string of the molecule is CCC[C@H](N)C(=O)Nc1ccc(/C=C/C(=O)OCC)cc1. The molecular weight excluding hydrogens is 268 g/mol. The number of nitrogens with two attached hydrogens (primary N) is 1. The molecule has 114 valence electrons. The third-order valence-electron chi connectivity index (χ3n) is 2.81. The number of anilines is 1. The van der Waals surface area contributed by atoms with E-state index in [2.05, 4.69) is 5.32 Å². The van der Waals surface area contributed by atoms with Crippen LogP contribution in [-0.2, 0) is 14.3 Å². The lowest BCUT2D eigenvalue weighted by Crippen LogP contribution is -2.35. The van der Waals surface area contributed by atoms with E-state index in [-0.39, 0.29) is 11.9 Å². The van der Waals surface area contributed by atoms with Crippen LogP contribution < -0.4 is 11.1 Å². The van der Waals surface area contributed by atoms with Gasteiger partial charge in [0, 0.05) is 11.8 Å². The summed E-state index contributed by atoms with van der Waals surface area (Å²) < 4.78 is 4.79. The molecule has 0 radical (unpaired) electrons. The number of carbonyl (C=O) groups is 2. The molecule has 0 saturated heterocycles. The fourth-order valence-corrected chi connectivity index (χ4v) is 1.71. The van der Waals surface area contributed by atoms with Crippen molar-refractivity contribution in [2.45, 2.75) is 32.7 Å². The van der Waals surface area contributed by atoms with Crippen LogP contribution in [0.15, 0.2) is 30.3 Å². The Balaban J connectivity index is 2.58. The second-order valence-electron chi connectivity index (χ2n) is 4.59. The maximum Gasteiger partial charge on any atom is 0.330 e. The number of carbonyl (C=O) groups excluding carboxylic acids is 2. The van der Waals surface area contributed by atoms with Gasteiger partial charge in [-0.25, -0.2) is 4.79 Å². The van der Waals surface area contributed by atoms with Gasteiger partial charge in [0.05, 0.1) is 12.6 Å². The van der Waals surface area contributed by atoms with E-state index in [0.29, 0.717) is 18.7 Å². The topological polar surface area (TPSA) is 81.4 Å². The number of rotatable bonds is 7. The molecule has 0 bridgehead atoms. The number of hydrogen-bond acceptors (Lipinski definition) is 4. The summed E-state index contributed by atoms with van der Waals surface area (Å²) >= 11 is 0. The maximum atomic E-state index is 11.8. The van der Waals surface area contributed by atoms with Crippen LogP contribution in [0.25, 0.3) is 6.08 Å². The molecule has 0 aromatic heterocycles. The first kappa shape index (κ1) is 16.9. The summed E-state index contributed by atoms with van der Waals surface area (Å²) in [6.45, 7) is 4.09. The first-order valence-corrected chi connectivity index (χ1v) is 7.08. The summed E-state index contributed by atoms with van der Waals surface area (Å²) in [5, 5.41) is 2.76. The second-order valence-corrected chi connectivity index (χ2v) is 4.59. The summed E-state index contributed by atoms with van der Waals surface area (Å²) in [4.78, 5) is 22.9. The largest absolute Gasteiger partial charge is 0.463 e. The van der Waals surface area contributed by atoms with Crippen LogP contribution in [0, 0.1) is 0 Å². The Morgan fingerprint density at radius 2 is 1.95 bits per heavy atom. The minimum absolute atomic E-state index is 0.188. The lowest BCUT2D eigenvalue weighted by Gasteiger charge is -2.11. The van der Waals surface area contributed by atoms with Gasteiger partial charge in [0.15, 0.2) is 0 Å². The molecule has 0 aliphatic carbocycles. The van der Waals surface area contributed by atoms with Crippen molar-refractivity contribution in [2.75, 3.05) is 11.9 Å². The van der Waals surface area contributed by atoms with Gasteiger partial charge >= 0.3 is 5.97 Å². The normalized spacial score (nSPS) is 12.1. The van der Waals surface area contributed by atoms with E-state index in [1.165, 1.54) is 6.08 Å². The molecule has 21 heavy (non-hydrogen) atoms. The molecule has 5 nitrogen and oxygen atoms in total. The Kier molecular flexibility index (Phi) is 7.18. The quantitative estimate of drug-likeness (QED) is 0.596. The predicted molar refractivity (Wildman–Crippen MR) is 83.6 cm³/mol. The number of hydrogen-bond donors (Lipinski definition) is 2. The van der Waals surface area contributed by atoms with Crippen molar-refractivity contribution in [3.63, 3.8) is 0 Å². The van der Waals surface area contributed by atoms with Crippen molar-refractivity contribution < 1.29 is 14.3 Å². The number of nitrogens with one attached hydrogen (secondary N) is 1. The van der Waals surface area contributed by atoms with Crippen molar-refractivity contribution in [3.8, 4) is 0 Å². The summed E-state index contributed by atoms with van der Waals surface area (Å²) in [6, 6.07) is 6.65. The second kappa shape index (κ2) is 8.92. The third-order valence-corrected chi connectivity index (χ3v) is 2.81. The number of ether oxygens (including phenoxy) is 1. The fourth-order valence-electron chi connectivity index (χ4n) is 1.71. The average molecular weight is 290 g/mol. The van der Waals surface area contributed by atoms with Gasteiger partial charge in [-0.05, 0) is 37.1 Å². The number of benzene rings is 1. The zero-order valence-corrected chi connectivity index (χ0v) is 12.5. The standard InChI is InChI=1S/C16H22N2O3/c1-3-5-14(17)16(20)18-13-9-6-12(7-10-13)8-11-15(19)21-4-2/h6-11,14H,3-5,17H2,1-2H3,(H,18,20)/b11-8+/t14-/m0/s1. The Morgan fingerprint density at radius 1 is 1.29 bits per heavy atom. The molecular formula is C16H22N2O3. The highest BCUT2D eigenvalue weighted by Gasteiger charge is 2.11. The van der Waals surface area contributed by atoms with Crippen LogP contribution in [0.4, 0.5) is 5.69 Å². The van der Waals surface area contributed by atoms with Crippen molar-refractivity contribution in [1.82, 2.24) is 0 Å². The molecule has 1 rings (SSSR count). The Labute approximate surface area is 125 Å². The van der Waals surface area contributed by atoms with E-state index >= 15 is 0 Å². The highest BCUT2D eigenvalue weighted by molar-refractivity contribution is 5.94. The summed E-state index contributed by atoms with van der Waals surface area (Å²) in [5.41, 5.74) is 7.27. The average Bonchev–Trinajstić information content (AvgIpc) is 2.47. The molecule has 1 aromatic carbocycles. The van der Waals surface area contributed by atoms with Crippen molar-refractivity contribution in [1.29, 1.82) is 0 Å². The lowest BCUT2D eigenvalue weighted by atomic mass is 10.1. The number of esters is 1. The van der Waals surface area contributed by atoms with Crippen molar-refractivity contribution >= 4 is 23.6 Å². The molecule has 0 fully saturated rings. The molecule has 0 aliphatic rings.